The summed E-state index contributed by atoms with van der Waals surface area (Å²) in [5.41, 5.74) is 1.32. The number of morpholine rings is 1. The van der Waals surface area contributed by atoms with Gasteiger partial charge in [0.2, 0.25) is 0 Å². The minimum atomic E-state index is 0.913. The van der Waals surface area contributed by atoms with Crippen molar-refractivity contribution in [3.63, 3.8) is 0 Å². The van der Waals surface area contributed by atoms with E-state index in [4.69, 9.17) is 4.74 Å². The van der Waals surface area contributed by atoms with Crippen LogP contribution in [0.2, 0.25) is 0 Å². The van der Waals surface area contributed by atoms with Crippen molar-refractivity contribution in [3.8, 4) is 0 Å². The lowest BCUT2D eigenvalue weighted by molar-refractivity contribution is 0.0503. The molecule has 1 heterocycles. The van der Waals surface area contributed by atoms with E-state index in [0.717, 1.165) is 39.4 Å². The van der Waals surface area contributed by atoms with E-state index < -0.39 is 0 Å². The van der Waals surface area contributed by atoms with Gasteiger partial charge in [-0.1, -0.05) is 18.2 Å². The highest BCUT2D eigenvalue weighted by molar-refractivity contribution is 5.45. The van der Waals surface area contributed by atoms with Crippen molar-refractivity contribution in [1.82, 2.24) is 4.90 Å². The number of benzene rings is 1. The first-order chi connectivity index (χ1) is 8.77. The maximum absolute atomic E-state index is 5.10. The van der Waals surface area contributed by atoms with Crippen LogP contribution in [0, 0.1) is 0 Å². The van der Waals surface area contributed by atoms with Crippen molar-refractivity contribution < 1.29 is 4.74 Å². The first kappa shape index (κ1) is 15.0. The van der Waals surface area contributed by atoms with Crippen molar-refractivity contribution >= 4 is 5.69 Å². The Hall–Kier alpha value is -1.06. The average Bonchev–Trinajstić information content (AvgIpc) is 2.43. The lowest BCUT2D eigenvalue weighted by Gasteiger charge is -2.21. The van der Waals surface area contributed by atoms with Crippen LogP contribution in [-0.2, 0) is 4.74 Å². The predicted octanol–water partition coefficient (Wildman–Crippen LogP) is 2.48. The fourth-order valence-electron chi connectivity index (χ4n) is 1.88. The molecule has 0 N–H and O–H groups in total. The fraction of sp³-hybridized carbons (Fsp3) is 0.600. The average molecular weight is 250 g/mol. The summed E-state index contributed by atoms with van der Waals surface area (Å²) in [6, 6.07) is 10.5. The number of rotatable bonds is 3. The Kier molecular flexibility index (Phi) is 7.46. The molecule has 1 aromatic carbocycles. The minimum Gasteiger partial charge on any atom is -0.379 e. The van der Waals surface area contributed by atoms with Crippen LogP contribution in [-0.4, -0.2) is 51.3 Å². The zero-order valence-corrected chi connectivity index (χ0v) is 11.9. The Morgan fingerprint density at radius 2 is 1.61 bits per heavy atom. The van der Waals surface area contributed by atoms with Gasteiger partial charge >= 0.3 is 0 Å². The first-order valence-electron chi connectivity index (χ1n) is 6.84. The number of nitrogens with zero attached hydrogens (tertiary/aromatic N) is 2. The second-order valence-corrected chi connectivity index (χ2v) is 4.42. The highest BCUT2D eigenvalue weighted by atomic mass is 16.5. The number of likely N-dealkylation sites (N-methyl/N-ethyl adjacent to an activating group) is 1. The van der Waals surface area contributed by atoms with E-state index in [1.165, 1.54) is 5.69 Å². The molecule has 0 saturated carbocycles. The molecule has 0 radical (unpaired) electrons. The monoisotopic (exact) mass is 250 g/mol. The molecule has 0 bridgehead atoms. The zero-order chi connectivity index (χ0) is 13.2. The molecule has 0 aliphatic carbocycles. The molecule has 102 valence electrons. The molecule has 3 heteroatoms. The normalized spacial score (nSPS) is 15.7. The van der Waals surface area contributed by atoms with Crippen molar-refractivity contribution in [2.24, 2.45) is 0 Å². The lowest BCUT2D eigenvalue weighted by atomic mass is 10.3. The van der Waals surface area contributed by atoms with Crippen molar-refractivity contribution in [3.05, 3.63) is 30.3 Å². The third kappa shape index (κ3) is 5.52. The van der Waals surface area contributed by atoms with E-state index in [-0.39, 0.29) is 0 Å². The minimum absolute atomic E-state index is 0.913. The van der Waals surface area contributed by atoms with Gasteiger partial charge in [0.05, 0.1) is 13.2 Å². The van der Waals surface area contributed by atoms with Gasteiger partial charge in [0.15, 0.2) is 0 Å². The Balaban J connectivity index is 0.000000199. The molecule has 1 aromatic rings. The molecule has 0 amide bonds. The van der Waals surface area contributed by atoms with Crippen molar-refractivity contribution in [2.75, 3.05) is 51.3 Å². The van der Waals surface area contributed by atoms with Crippen LogP contribution in [0.25, 0.3) is 0 Å². The predicted molar refractivity (Wildman–Crippen MR) is 78.3 cm³/mol. The second kappa shape index (κ2) is 8.95. The van der Waals surface area contributed by atoms with Gasteiger partial charge in [-0.15, -0.1) is 0 Å². The lowest BCUT2D eigenvalue weighted by Crippen LogP contribution is -2.32. The summed E-state index contributed by atoms with van der Waals surface area (Å²) in [5, 5.41) is 0. The van der Waals surface area contributed by atoms with Crippen molar-refractivity contribution in [2.45, 2.75) is 13.8 Å². The molecule has 3 nitrogen and oxygen atoms in total. The zero-order valence-electron chi connectivity index (χ0n) is 11.9. The van der Waals surface area contributed by atoms with Crippen LogP contribution in [0.3, 0.4) is 0 Å². The van der Waals surface area contributed by atoms with Gasteiger partial charge in [-0.2, -0.15) is 0 Å². The van der Waals surface area contributed by atoms with Crippen LogP contribution in [0.1, 0.15) is 13.8 Å². The summed E-state index contributed by atoms with van der Waals surface area (Å²) in [6.07, 6.45) is 0. The molecule has 1 aliphatic heterocycles. The molecule has 1 fully saturated rings. The second-order valence-electron chi connectivity index (χ2n) is 4.42. The summed E-state index contributed by atoms with van der Waals surface area (Å²) < 4.78 is 5.10. The van der Waals surface area contributed by atoms with Gasteiger partial charge in [-0.25, -0.2) is 0 Å². The van der Waals surface area contributed by atoms with Crippen LogP contribution in [0.5, 0.6) is 0 Å². The molecule has 0 aromatic heterocycles. The maximum atomic E-state index is 5.10. The van der Waals surface area contributed by atoms with Crippen LogP contribution in [0.4, 0.5) is 5.69 Å². The Bertz CT molecular complexity index is 293. The van der Waals surface area contributed by atoms with Gasteiger partial charge in [0.25, 0.3) is 0 Å². The van der Waals surface area contributed by atoms with Crippen LogP contribution < -0.4 is 4.90 Å². The van der Waals surface area contributed by atoms with Crippen LogP contribution in [0.15, 0.2) is 30.3 Å². The third-order valence-corrected chi connectivity index (χ3v) is 3.12. The molecule has 18 heavy (non-hydrogen) atoms. The van der Waals surface area contributed by atoms with E-state index in [0.29, 0.717) is 0 Å². The summed E-state index contributed by atoms with van der Waals surface area (Å²) in [5.74, 6) is 0. The molecule has 0 atom stereocenters. The SMILES string of the molecule is CCN(CC)c1ccccc1.CN1CCOCC1. The standard InChI is InChI=1S/C10H15N.C5H11NO/c1-3-11(4-2)10-8-6-5-7-9-10;1-6-2-4-7-5-3-6/h5-9H,3-4H2,1-2H3;2-5H2,1H3. The number of hydrogen-bond acceptors (Lipinski definition) is 3. The van der Waals surface area contributed by atoms with Gasteiger partial charge in [0.1, 0.15) is 0 Å². The van der Waals surface area contributed by atoms with E-state index in [9.17, 15) is 0 Å². The highest BCUT2D eigenvalue weighted by Crippen LogP contribution is 2.11. The van der Waals surface area contributed by atoms with E-state index in [1.54, 1.807) is 0 Å². The fourth-order valence-corrected chi connectivity index (χ4v) is 1.88. The topological polar surface area (TPSA) is 15.7 Å². The molecule has 2 rings (SSSR count). The summed E-state index contributed by atoms with van der Waals surface area (Å²) in [6.45, 7) is 10.5. The molecule has 0 unspecified atom stereocenters. The smallest absolute Gasteiger partial charge is 0.0594 e. The summed E-state index contributed by atoms with van der Waals surface area (Å²) in [4.78, 5) is 4.60. The first-order valence-corrected chi connectivity index (χ1v) is 6.84. The van der Waals surface area contributed by atoms with Crippen molar-refractivity contribution in [1.29, 1.82) is 0 Å². The number of ether oxygens (including phenoxy) is 1. The maximum Gasteiger partial charge on any atom is 0.0594 e. The van der Waals surface area contributed by atoms with Crippen LogP contribution >= 0.6 is 0 Å². The van der Waals surface area contributed by atoms with Gasteiger partial charge in [-0.05, 0) is 33.0 Å². The molecular formula is C15H26N2O. The number of anilines is 1. The Morgan fingerprint density at radius 1 is 1.06 bits per heavy atom. The summed E-state index contributed by atoms with van der Waals surface area (Å²) in [7, 11) is 2.11. The highest BCUT2D eigenvalue weighted by Gasteiger charge is 2.02. The largest absolute Gasteiger partial charge is 0.379 e. The van der Waals surface area contributed by atoms with Gasteiger partial charge in [0, 0.05) is 31.9 Å². The Labute approximate surface area is 111 Å². The molecule has 0 spiro atoms. The van der Waals surface area contributed by atoms with Gasteiger partial charge in [-0.3, -0.25) is 0 Å². The number of para-hydroxylation sites is 1. The van der Waals surface area contributed by atoms with E-state index >= 15 is 0 Å². The number of hydrogen-bond donors (Lipinski definition) is 0. The molecule has 1 saturated heterocycles. The third-order valence-electron chi connectivity index (χ3n) is 3.12. The molecular weight excluding hydrogens is 224 g/mol. The van der Waals surface area contributed by atoms with E-state index in [1.807, 2.05) is 6.07 Å². The van der Waals surface area contributed by atoms with E-state index in [2.05, 4.69) is 55.0 Å². The molecule has 1 aliphatic rings. The quantitative estimate of drug-likeness (QED) is 0.819. The summed E-state index contributed by atoms with van der Waals surface area (Å²) >= 11 is 0. The van der Waals surface area contributed by atoms with Gasteiger partial charge < -0.3 is 14.5 Å². The Morgan fingerprint density at radius 3 is 2.00 bits per heavy atom.